The molecule has 2 saturated heterocycles. The molecule has 0 atom stereocenters. The molecule has 0 unspecified atom stereocenters. The zero-order valence-corrected chi connectivity index (χ0v) is 23.2. The van der Waals surface area contributed by atoms with Crippen LogP contribution in [0.15, 0.2) is 47.5 Å². The molecule has 0 spiro atoms. The molecule has 2 aromatic carbocycles. The lowest BCUT2D eigenvalue weighted by molar-refractivity contribution is -0.224. The van der Waals surface area contributed by atoms with Gasteiger partial charge in [-0.1, -0.05) is 12.1 Å². The van der Waals surface area contributed by atoms with Crippen molar-refractivity contribution in [1.29, 1.82) is 0 Å². The fourth-order valence-corrected chi connectivity index (χ4v) is 3.83. The molecule has 2 aliphatic heterocycles. The Hall–Kier alpha value is -5.00. The van der Waals surface area contributed by atoms with Crippen LogP contribution in [0, 0.1) is 0 Å². The van der Waals surface area contributed by atoms with E-state index in [2.05, 4.69) is 0 Å². The summed E-state index contributed by atoms with van der Waals surface area (Å²) < 4.78 is 42.6. The van der Waals surface area contributed by atoms with Crippen molar-refractivity contribution in [2.24, 2.45) is 0 Å². The van der Waals surface area contributed by atoms with E-state index in [4.69, 9.17) is 37.9 Å². The van der Waals surface area contributed by atoms with E-state index in [1.165, 1.54) is 54.1 Å². The summed E-state index contributed by atoms with van der Waals surface area (Å²) in [4.78, 5) is 48.9. The van der Waals surface area contributed by atoms with Crippen molar-refractivity contribution in [1.82, 2.24) is 0 Å². The molecule has 0 saturated carbocycles. The SMILES string of the molecule is COc1cc(C=C2C(=O)OC(C)(C)OC2=O)ccc1OCOc1ccc(C=C2C(=O)OC(C)(C)OC2=O)cc1OC. The summed E-state index contributed by atoms with van der Waals surface area (Å²) in [7, 11) is 2.86. The second-order valence-electron chi connectivity index (χ2n) is 9.70. The lowest BCUT2D eigenvalue weighted by Crippen LogP contribution is -2.41. The summed E-state index contributed by atoms with van der Waals surface area (Å²) in [5, 5.41) is 0. The summed E-state index contributed by atoms with van der Waals surface area (Å²) in [5.74, 6) is -4.59. The Morgan fingerprint density at radius 1 is 0.585 bits per heavy atom. The van der Waals surface area contributed by atoms with Crippen molar-refractivity contribution in [3.05, 3.63) is 58.7 Å². The maximum Gasteiger partial charge on any atom is 0.348 e. The van der Waals surface area contributed by atoms with E-state index >= 15 is 0 Å². The van der Waals surface area contributed by atoms with Gasteiger partial charge in [-0.25, -0.2) is 19.2 Å². The van der Waals surface area contributed by atoms with Gasteiger partial charge in [0.05, 0.1) is 14.2 Å². The number of cyclic esters (lactones) is 4. The highest BCUT2D eigenvalue weighted by Gasteiger charge is 2.40. The van der Waals surface area contributed by atoms with Gasteiger partial charge in [-0.15, -0.1) is 0 Å². The molecular weight excluding hydrogens is 540 g/mol. The molecular formula is C29H28O12. The third-order valence-corrected chi connectivity index (χ3v) is 5.66. The number of carbonyl (C=O) groups excluding carboxylic acids is 4. The van der Waals surface area contributed by atoms with E-state index in [0.29, 0.717) is 34.1 Å². The van der Waals surface area contributed by atoms with Crippen molar-refractivity contribution in [2.75, 3.05) is 21.0 Å². The van der Waals surface area contributed by atoms with Crippen LogP contribution < -0.4 is 18.9 Å². The molecule has 0 aliphatic carbocycles. The zero-order valence-electron chi connectivity index (χ0n) is 23.2. The third kappa shape index (κ3) is 6.78. The van der Waals surface area contributed by atoms with E-state index in [1.807, 2.05) is 0 Å². The van der Waals surface area contributed by atoms with Gasteiger partial charge in [0.15, 0.2) is 23.0 Å². The van der Waals surface area contributed by atoms with Crippen molar-refractivity contribution in [3.63, 3.8) is 0 Å². The molecule has 12 nitrogen and oxygen atoms in total. The van der Waals surface area contributed by atoms with Gasteiger partial charge in [0.2, 0.25) is 6.79 Å². The van der Waals surface area contributed by atoms with Gasteiger partial charge in [0, 0.05) is 27.7 Å². The fourth-order valence-electron chi connectivity index (χ4n) is 3.83. The Morgan fingerprint density at radius 2 is 0.927 bits per heavy atom. The summed E-state index contributed by atoms with van der Waals surface area (Å²) >= 11 is 0. The molecule has 2 fully saturated rings. The van der Waals surface area contributed by atoms with Gasteiger partial charge in [-0.3, -0.25) is 0 Å². The summed E-state index contributed by atoms with van der Waals surface area (Å²) in [5.41, 5.74) is 0.435. The predicted octanol–water partition coefficient (Wildman–Crippen LogP) is 3.56. The summed E-state index contributed by atoms with van der Waals surface area (Å²) in [6, 6.07) is 9.50. The molecule has 0 N–H and O–H groups in total. The Balaban J connectivity index is 1.44. The number of hydrogen-bond donors (Lipinski definition) is 0. The van der Waals surface area contributed by atoms with Gasteiger partial charge in [-0.2, -0.15) is 0 Å². The molecule has 2 aromatic rings. The van der Waals surface area contributed by atoms with E-state index in [1.54, 1.807) is 36.4 Å². The zero-order chi connectivity index (χ0) is 29.9. The molecule has 0 aromatic heterocycles. The molecule has 4 rings (SSSR count). The van der Waals surface area contributed by atoms with Crippen molar-refractivity contribution in [2.45, 2.75) is 39.3 Å². The van der Waals surface area contributed by atoms with Crippen LogP contribution in [0.5, 0.6) is 23.0 Å². The van der Waals surface area contributed by atoms with Crippen LogP contribution in [0.2, 0.25) is 0 Å². The monoisotopic (exact) mass is 568 g/mol. The van der Waals surface area contributed by atoms with E-state index in [9.17, 15) is 19.2 Å². The molecule has 2 heterocycles. The van der Waals surface area contributed by atoms with Crippen LogP contribution in [0.4, 0.5) is 0 Å². The number of hydrogen-bond acceptors (Lipinski definition) is 12. The number of methoxy groups -OCH3 is 2. The van der Waals surface area contributed by atoms with Crippen molar-refractivity contribution < 1.29 is 57.1 Å². The van der Waals surface area contributed by atoms with Gasteiger partial charge in [0.1, 0.15) is 11.1 Å². The standard InChI is InChI=1S/C29H28O12/c1-28(2)38-24(30)18(25(31)39-28)11-16-7-9-20(22(13-16)34-5)36-15-37-21-10-8-17(14-23(21)35-6)12-19-26(32)40-29(3,4)41-27(19)33/h7-14H,15H2,1-6H3. The Kier molecular flexibility index (Phi) is 7.95. The lowest BCUT2D eigenvalue weighted by Gasteiger charge is -2.29. The number of esters is 4. The highest BCUT2D eigenvalue weighted by molar-refractivity contribution is 6.19. The average molecular weight is 569 g/mol. The van der Waals surface area contributed by atoms with Gasteiger partial charge < -0.3 is 37.9 Å². The van der Waals surface area contributed by atoms with Gasteiger partial charge >= 0.3 is 23.9 Å². The first-order valence-corrected chi connectivity index (χ1v) is 12.3. The third-order valence-electron chi connectivity index (χ3n) is 5.66. The van der Waals surface area contributed by atoms with Crippen LogP contribution in [0.25, 0.3) is 12.2 Å². The summed E-state index contributed by atoms with van der Waals surface area (Å²) in [6.45, 7) is 5.61. The number of benzene rings is 2. The second-order valence-corrected chi connectivity index (χ2v) is 9.70. The largest absolute Gasteiger partial charge is 0.493 e. The lowest BCUT2D eigenvalue weighted by atomic mass is 10.1. The Labute approximate surface area is 235 Å². The average Bonchev–Trinajstić information content (AvgIpc) is 2.88. The summed E-state index contributed by atoms with van der Waals surface area (Å²) in [6.07, 6.45) is 2.66. The van der Waals surface area contributed by atoms with Crippen LogP contribution in [-0.2, 0) is 38.1 Å². The van der Waals surface area contributed by atoms with E-state index < -0.39 is 35.5 Å². The van der Waals surface area contributed by atoms with E-state index in [-0.39, 0.29) is 17.9 Å². The first kappa shape index (κ1) is 29.0. The number of carbonyl (C=O) groups is 4. The van der Waals surface area contributed by atoms with Crippen LogP contribution in [0.1, 0.15) is 38.8 Å². The second kappa shape index (κ2) is 11.2. The molecule has 216 valence electrons. The first-order chi connectivity index (χ1) is 19.3. The fraction of sp³-hybridized carbons (Fsp3) is 0.310. The van der Waals surface area contributed by atoms with E-state index in [0.717, 1.165) is 0 Å². The van der Waals surface area contributed by atoms with Crippen LogP contribution in [-0.4, -0.2) is 56.5 Å². The van der Waals surface area contributed by atoms with Crippen LogP contribution in [0.3, 0.4) is 0 Å². The highest BCUT2D eigenvalue weighted by Crippen LogP contribution is 2.33. The maximum atomic E-state index is 12.2. The molecule has 0 amide bonds. The Morgan fingerprint density at radius 3 is 1.24 bits per heavy atom. The normalized spacial score (nSPS) is 17.4. The number of ether oxygens (including phenoxy) is 8. The smallest absolute Gasteiger partial charge is 0.348 e. The molecule has 12 heteroatoms. The molecule has 41 heavy (non-hydrogen) atoms. The molecule has 0 bridgehead atoms. The molecule has 0 radical (unpaired) electrons. The maximum absolute atomic E-state index is 12.2. The highest BCUT2D eigenvalue weighted by atomic mass is 16.8. The predicted molar refractivity (Wildman–Crippen MR) is 141 cm³/mol. The van der Waals surface area contributed by atoms with Gasteiger partial charge in [-0.05, 0) is 47.5 Å². The quantitative estimate of drug-likeness (QED) is 0.199. The first-order valence-electron chi connectivity index (χ1n) is 12.3. The topological polar surface area (TPSA) is 142 Å². The minimum absolute atomic E-state index is 0.241. The van der Waals surface area contributed by atoms with Crippen molar-refractivity contribution >= 4 is 36.0 Å². The minimum Gasteiger partial charge on any atom is -0.493 e. The van der Waals surface area contributed by atoms with Gasteiger partial charge in [0.25, 0.3) is 11.6 Å². The van der Waals surface area contributed by atoms with Crippen molar-refractivity contribution in [3.8, 4) is 23.0 Å². The molecule has 2 aliphatic rings. The number of rotatable bonds is 8. The minimum atomic E-state index is -1.34. The Bertz CT molecular complexity index is 1310. The van der Waals surface area contributed by atoms with Crippen LogP contribution >= 0.6 is 0 Å².